The molecule has 0 saturated heterocycles. The Morgan fingerprint density at radius 2 is 1.08 bits per heavy atom. The van der Waals surface area contributed by atoms with Crippen LogP contribution < -0.4 is 4.90 Å². The zero-order valence-corrected chi connectivity index (χ0v) is 20.5. The number of hydrogen-bond acceptors (Lipinski definition) is 5. The third-order valence-corrected chi connectivity index (χ3v) is 6.58. The molecule has 5 aromatic rings. The lowest BCUT2D eigenvalue weighted by Crippen LogP contribution is -2.32. The molecule has 36 heavy (non-hydrogen) atoms. The second-order valence-corrected chi connectivity index (χ2v) is 9.44. The molecule has 176 valence electrons. The van der Waals surface area contributed by atoms with Crippen LogP contribution in [0.15, 0.2) is 126 Å². The van der Waals surface area contributed by atoms with Gasteiger partial charge in [-0.25, -0.2) is 4.98 Å². The van der Waals surface area contributed by atoms with Gasteiger partial charge in [-0.2, -0.15) is 0 Å². The van der Waals surface area contributed by atoms with Crippen LogP contribution in [0.2, 0.25) is 0 Å². The Labute approximate surface area is 214 Å². The number of rotatable bonds is 7. The summed E-state index contributed by atoms with van der Waals surface area (Å²) in [6, 6.07) is 39.2. The largest absolute Gasteiger partial charge is 0.280 e. The lowest BCUT2D eigenvalue weighted by Gasteiger charge is -2.25. The highest BCUT2D eigenvalue weighted by Crippen LogP contribution is 2.33. The van der Waals surface area contributed by atoms with Gasteiger partial charge in [-0.3, -0.25) is 9.69 Å². The van der Waals surface area contributed by atoms with Crippen molar-refractivity contribution in [3.8, 4) is 22.5 Å². The quantitative estimate of drug-likeness (QED) is 0.230. The number of anilines is 2. The maximum Gasteiger partial charge on any atom is 0.244 e. The summed E-state index contributed by atoms with van der Waals surface area (Å²) in [5.74, 6) is -0.0607. The summed E-state index contributed by atoms with van der Waals surface area (Å²) in [6.07, 6.45) is 0. The van der Waals surface area contributed by atoms with Crippen molar-refractivity contribution in [1.29, 1.82) is 0 Å². The van der Waals surface area contributed by atoms with Gasteiger partial charge in [0.05, 0.1) is 5.25 Å². The smallest absolute Gasteiger partial charge is 0.244 e. The number of carbonyl (C=O) groups excluding carboxylic acids is 1. The van der Waals surface area contributed by atoms with Gasteiger partial charge in [0.25, 0.3) is 0 Å². The van der Waals surface area contributed by atoms with Gasteiger partial charge < -0.3 is 0 Å². The van der Waals surface area contributed by atoms with Crippen LogP contribution in [0.25, 0.3) is 22.5 Å². The van der Waals surface area contributed by atoms with Gasteiger partial charge in [-0.15, -0.1) is 10.2 Å². The Kier molecular flexibility index (Phi) is 7.15. The van der Waals surface area contributed by atoms with E-state index in [2.05, 4.69) is 10.2 Å². The lowest BCUT2D eigenvalue weighted by molar-refractivity contribution is -0.117. The fraction of sp³-hybridized carbons (Fsp3) is 0.0667. The van der Waals surface area contributed by atoms with Crippen LogP contribution in [0.5, 0.6) is 0 Å². The summed E-state index contributed by atoms with van der Waals surface area (Å²) >= 11 is 1.31. The van der Waals surface area contributed by atoms with Crippen molar-refractivity contribution in [2.45, 2.75) is 17.3 Å². The normalized spacial score (nSPS) is 11.6. The monoisotopic (exact) mass is 488 g/mol. The lowest BCUT2D eigenvalue weighted by atomic mass is 10.0. The van der Waals surface area contributed by atoms with Gasteiger partial charge in [-0.05, 0) is 31.2 Å². The number of amides is 1. The highest BCUT2D eigenvalue weighted by Gasteiger charge is 2.26. The van der Waals surface area contributed by atoms with Crippen molar-refractivity contribution in [1.82, 2.24) is 15.2 Å². The predicted molar refractivity (Wildman–Crippen MR) is 146 cm³/mol. The summed E-state index contributed by atoms with van der Waals surface area (Å²) in [4.78, 5) is 20.3. The molecule has 6 heteroatoms. The van der Waals surface area contributed by atoms with E-state index in [1.165, 1.54) is 11.8 Å². The first-order valence-corrected chi connectivity index (χ1v) is 12.5. The average molecular weight is 489 g/mol. The Balaban J connectivity index is 1.48. The van der Waals surface area contributed by atoms with E-state index in [0.717, 1.165) is 28.2 Å². The molecule has 0 saturated carbocycles. The molecule has 0 aliphatic carbocycles. The number of hydrogen-bond donors (Lipinski definition) is 0. The fourth-order valence-electron chi connectivity index (χ4n) is 3.90. The number of nitrogens with zero attached hydrogens (tertiary/aromatic N) is 4. The second-order valence-electron chi connectivity index (χ2n) is 8.13. The van der Waals surface area contributed by atoms with Crippen molar-refractivity contribution in [3.05, 3.63) is 121 Å². The first kappa shape index (κ1) is 23.5. The van der Waals surface area contributed by atoms with E-state index in [4.69, 9.17) is 4.98 Å². The van der Waals surface area contributed by atoms with E-state index in [0.29, 0.717) is 10.9 Å². The van der Waals surface area contributed by atoms with E-state index >= 15 is 0 Å². The molecule has 0 N–H and O–H groups in total. The SMILES string of the molecule is C[C@@H](Sc1nnc(-c2ccccc2)c(-c2ccccc2)n1)C(=O)N(c1ccccc1)c1ccccc1. The van der Waals surface area contributed by atoms with Crippen molar-refractivity contribution < 1.29 is 4.79 Å². The van der Waals surface area contributed by atoms with Crippen LogP contribution in [0.4, 0.5) is 11.4 Å². The van der Waals surface area contributed by atoms with Crippen molar-refractivity contribution >= 4 is 29.0 Å². The Morgan fingerprint density at radius 1 is 0.639 bits per heavy atom. The van der Waals surface area contributed by atoms with E-state index in [9.17, 15) is 4.79 Å². The molecular formula is C30H24N4OS. The number of thioether (sulfide) groups is 1. The third-order valence-electron chi connectivity index (χ3n) is 5.64. The molecule has 0 fully saturated rings. The number of carbonyl (C=O) groups is 1. The summed E-state index contributed by atoms with van der Waals surface area (Å²) in [5, 5.41) is 8.95. The van der Waals surface area contributed by atoms with Crippen molar-refractivity contribution in [2.24, 2.45) is 0 Å². The minimum atomic E-state index is -0.446. The van der Waals surface area contributed by atoms with Crippen LogP contribution in [0.3, 0.4) is 0 Å². The molecule has 1 amide bonds. The van der Waals surface area contributed by atoms with Crippen LogP contribution in [0, 0.1) is 0 Å². The summed E-state index contributed by atoms with van der Waals surface area (Å²) in [6.45, 7) is 1.88. The average Bonchev–Trinajstić information content (AvgIpc) is 2.95. The highest BCUT2D eigenvalue weighted by atomic mass is 32.2. The van der Waals surface area contributed by atoms with Gasteiger partial charge in [0.2, 0.25) is 11.1 Å². The molecular weight excluding hydrogens is 464 g/mol. The third kappa shape index (κ3) is 5.19. The Hall–Kier alpha value is -4.29. The molecule has 4 aromatic carbocycles. The van der Waals surface area contributed by atoms with Crippen LogP contribution in [0.1, 0.15) is 6.92 Å². The fourth-order valence-corrected chi connectivity index (χ4v) is 4.65. The maximum absolute atomic E-state index is 13.7. The Bertz CT molecular complexity index is 1390. The summed E-state index contributed by atoms with van der Waals surface area (Å²) in [7, 11) is 0. The van der Waals surface area contributed by atoms with E-state index < -0.39 is 5.25 Å². The Morgan fingerprint density at radius 3 is 1.58 bits per heavy atom. The minimum Gasteiger partial charge on any atom is -0.280 e. The molecule has 5 rings (SSSR count). The topological polar surface area (TPSA) is 59.0 Å². The number of para-hydroxylation sites is 2. The second kappa shape index (κ2) is 11.0. The van der Waals surface area contributed by atoms with Gasteiger partial charge in [0.15, 0.2) is 0 Å². The molecule has 5 nitrogen and oxygen atoms in total. The zero-order chi connectivity index (χ0) is 24.7. The molecule has 0 unspecified atom stereocenters. The van der Waals surface area contributed by atoms with Gasteiger partial charge in [0, 0.05) is 22.5 Å². The van der Waals surface area contributed by atoms with Crippen LogP contribution in [-0.2, 0) is 4.79 Å². The van der Waals surface area contributed by atoms with Crippen LogP contribution >= 0.6 is 11.8 Å². The predicted octanol–water partition coefficient (Wildman–Crippen LogP) is 7.05. The van der Waals surface area contributed by atoms with Crippen LogP contribution in [-0.4, -0.2) is 26.3 Å². The molecule has 0 spiro atoms. The number of benzene rings is 4. The molecule has 0 aliphatic rings. The number of aromatic nitrogens is 3. The molecule has 0 bridgehead atoms. The molecule has 1 atom stereocenters. The maximum atomic E-state index is 13.7. The molecule has 1 aromatic heterocycles. The molecule has 0 radical (unpaired) electrons. The minimum absolute atomic E-state index is 0.0607. The molecule has 0 aliphatic heterocycles. The van der Waals surface area contributed by atoms with E-state index in [1.807, 2.05) is 128 Å². The van der Waals surface area contributed by atoms with E-state index in [-0.39, 0.29) is 5.91 Å². The first-order valence-electron chi connectivity index (χ1n) is 11.7. The summed E-state index contributed by atoms with van der Waals surface area (Å²) < 4.78 is 0. The van der Waals surface area contributed by atoms with Crippen molar-refractivity contribution in [3.63, 3.8) is 0 Å². The van der Waals surface area contributed by atoms with E-state index in [1.54, 1.807) is 4.90 Å². The first-order chi connectivity index (χ1) is 17.7. The standard InChI is InChI=1S/C30H24N4OS/c1-22(29(35)34(25-18-10-4-11-19-25)26-20-12-5-13-21-26)36-30-31-27(23-14-6-2-7-15-23)28(32-33-30)24-16-8-3-9-17-24/h2-22H,1H3/t22-/m1/s1. The molecule has 1 heterocycles. The highest BCUT2D eigenvalue weighted by molar-refractivity contribution is 8.00. The summed E-state index contributed by atoms with van der Waals surface area (Å²) in [5.41, 5.74) is 4.95. The van der Waals surface area contributed by atoms with Gasteiger partial charge in [-0.1, -0.05) is 109 Å². The van der Waals surface area contributed by atoms with Gasteiger partial charge in [0.1, 0.15) is 11.4 Å². The van der Waals surface area contributed by atoms with Gasteiger partial charge >= 0.3 is 0 Å². The van der Waals surface area contributed by atoms with Crippen molar-refractivity contribution in [2.75, 3.05) is 4.90 Å². The zero-order valence-electron chi connectivity index (χ0n) is 19.7.